The molecule has 0 spiro atoms. The maximum Gasteiger partial charge on any atom is 0.328 e. The summed E-state index contributed by atoms with van der Waals surface area (Å²) in [5.41, 5.74) is 0.885. The van der Waals surface area contributed by atoms with Crippen LogP contribution in [0.25, 0.3) is 0 Å². The van der Waals surface area contributed by atoms with E-state index in [9.17, 15) is 14.3 Å². The van der Waals surface area contributed by atoms with Crippen LogP contribution in [0.2, 0.25) is 0 Å². The molecule has 3 rings (SSSR count). The summed E-state index contributed by atoms with van der Waals surface area (Å²) >= 11 is 0. The molecular weight excluding hydrogens is 293 g/mol. The third kappa shape index (κ3) is 3.83. The monoisotopic (exact) mass is 311 g/mol. The Hall–Kier alpha value is -2.49. The minimum Gasteiger partial charge on any atom is -0.480 e. The topological polar surface area (TPSA) is 49.7 Å². The second-order valence-corrected chi connectivity index (χ2v) is 5.92. The highest BCUT2D eigenvalue weighted by Crippen LogP contribution is 2.44. The summed E-state index contributed by atoms with van der Waals surface area (Å²) in [6.07, 6.45) is 0.794. The fraction of sp³-hybridized carbons (Fsp3) is 0.263. The van der Waals surface area contributed by atoms with E-state index in [1.165, 1.54) is 0 Å². The smallest absolute Gasteiger partial charge is 0.328 e. The van der Waals surface area contributed by atoms with Crippen LogP contribution in [-0.4, -0.2) is 28.5 Å². The Kier molecular flexibility index (Phi) is 4.24. The summed E-state index contributed by atoms with van der Waals surface area (Å²) in [6, 6.07) is 17.7. The quantitative estimate of drug-likeness (QED) is 0.823. The first-order valence-electron chi connectivity index (χ1n) is 7.68. The van der Waals surface area contributed by atoms with Gasteiger partial charge in [-0.3, -0.25) is 4.99 Å². The van der Waals surface area contributed by atoms with Gasteiger partial charge in [0, 0.05) is 17.5 Å². The standard InChI is InChI=1S/C19H18FNO2/c20-19(11-12-19)13-16(18(22)23)21-17(14-7-3-1-4-8-14)15-9-5-2-6-10-15/h1-10,16H,11-13H2,(H,22,23). The predicted molar refractivity (Wildman–Crippen MR) is 87.6 cm³/mol. The van der Waals surface area contributed by atoms with Gasteiger partial charge in [0.2, 0.25) is 0 Å². The first kappa shape index (κ1) is 15.4. The molecule has 3 nitrogen and oxygen atoms in total. The van der Waals surface area contributed by atoms with Gasteiger partial charge < -0.3 is 5.11 Å². The van der Waals surface area contributed by atoms with Crippen LogP contribution in [-0.2, 0) is 4.79 Å². The molecule has 0 heterocycles. The zero-order valence-corrected chi connectivity index (χ0v) is 12.7. The predicted octanol–water partition coefficient (Wildman–Crippen LogP) is 3.87. The first-order chi connectivity index (χ1) is 11.1. The lowest BCUT2D eigenvalue weighted by Gasteiger charge is -2.14. The Morgan fingerprint density at radius 1 is 1.04 bits per heavy atom. The van der Waals surface area contributed by atoms with Crippen LogP contribution in [0.3, 0.4) is 0 Å². The van der Waals surface area contributed by atoms with Gasteiger partial charge in [-0.05, 0) is 12.8 Å². The molecule has 1 N–H and O–H groups in total. The molecule has 23 heavy (non-hydrogen) atoms. The number of benzene rings is 2. The van der Waals surface area contributed by atoms with E-state index in [-0.39, 0.29) is 6.42 Å². The molecule has 2 aromatic rings. The average molecular weight is 311 g/mol. The zero-order chi connectivity index (χ0) is 16.3. The van der Waals surface area contributed by atoms with E-state index in [1.807, 2.05) is 60.7 Å². The number of aliphatic imine (C=N–C) groups is 1. The Morgan fingerprint density at radius 2 is 1.52 bits per heavy atom. The van der Waals surface area contributed by atoms with Crippen LogP contribution in [0.4, 0.5) is 4.39 Å². The van der Waals surface area contributed by atoms with Crippen molar-refractivity contribution in [1.29, 1.82) is 0 Å². The van der Waals surface area contributed by atoms with E-state index < -0.39 is 17.7 Å². The number of carbonyl (C=O) groups is 1. The maximum atomic E-state index is 14.0. The van der Waals surface area contributed by atoms with E-state index in [1.54, 1.807) is 0 Å². The van der Waals surface area contributed by atoms with E-state index >= 15 is 0 Å². The van der Waals surface area contributed by atoms with Crippen molar-refractivity contribution in [2.45, 2.75) is 31.0 Å². The average Bonchev–Trinajstić information content (AvgIpc) is 3.30. The van der Waals surface area contributed by atoms with Crippen molar-refractivity contribution in [1.82, 2.24) is 0 Å². The second-order valence-electron chi connectivity index (χ2n) is 5.92. The molecular formula is C19H18FNO2. The normalized spacial score (nSPS) is 16.4. The number of carboxylic acid groups (broad SMARTS) is 1. The van der Waals surface area contributed by atoms with Crippen molar-refractivity contribution >= 4 is 11.7 Å². The zero-order valence-electron chi connectivity index (χ0n) is 12.7. The molecule has 1 aliphatic carbocycles. The molecule has 0 amide bonds. The summed E-state index contributed by atoms with van der Waals surface area (Å²) in [6.45, 7) is 0. The minimum atomic E-state index is -1.36. The van der Waals surface area contributed by atoms with E-state index in [0.717, 1.165) is 11.1 Å². The number of carboxylic acids is 1. The third-order valence-corrected chi connectivity index (χ3v) is 4.02. The molecule has 0 bridgehead atoms. The molecule has 1 fully saturated rings. The number of aliphatic carboxylic acids is 1. The molecule has 1 aliphatic rings. The van der Waals surface area contributed by atoms with Gasteiger partial charge in [0.15, 0.2) is 6.04 Å². The minimum absolute atomic E-state index is 0.0640. The van der Waals surface area contributed by atoms with Gasteiger partial charge in [-0.15, -0.1) is 0 Å². The van der Waals surface area contributed by atoms with Gasteiger partial charge in [-0.2, -0.15) is 0 Å². The van der Waals surface area contributed by atoms with Crippen molar-refractivity contribution in [3.63, 3.8) is 0 Å². The fourth-order valence-corrected chi connectivity index (χ4v) is 2.54. The summed E-state index contributed by atoms with van der Waals surface area (Å²) in [5, 5.41) is 9.43. The molecule has 0 aromatic heterocycles. The first-order valence-corrected chi connectivity index (χ1v) is 7.68. The summed E-state index contributed by atoms with van der Waals surface area (Å²) in [7, 11) is 0. The molecule has 118 valence electrons. The summed E-state index contributed by atoms with van der Waals surface area (Å²) < 4.78 is 14.0. The van der Waals surface area contributed by atoms with Crippen LogP contribution in [0.5, 0.6) is 0 Å². The number of rotatable bonds is 6. The SMILES string of the molecule is O=C(O)C(CC1(F)CC1)N=C(c1ccccc1)c1ccccc1. The molecule has 0 radical (unpaired) electrons. The molecule has 0 saturated heterocycles. The van der Waals surface area contributed by atoms with Gasteiger partial charge in [0.05, 0.1) is 5.71 Å². The van der Waals surface area contributed by atoms with Gasteiger partial charge in [-0.1, -0.05) is 60.7 Å². The van der Waals surface area contributed by atoms with Crippen molar-refractivity contribution in [2.24, 2.45) is 4.99 Å². The van der Waals surface area contributed by atoms with Crippen molar-refractivity contribution in [3.8, 4) is 0 Å². The highest BCUT2D eigenvalue weighted by atomic mass is 19.1. The summed E-state index contributed by atoms with van der Waals surface area (Å²) in [5.74, 6) is -1.08. The van der Waals surface area contributed by atoms with Crippen LogP contribution in [0, 0.1) is 0 Å². The van der Waals surface area contributed by atoms with Crippen LogP contribution < -0.4 is 0 Å². The maximum absolute atomic E-state index is 14.0. The highest BCUT2D eigenvalue weighted by Gasteiger charge is 2.46. The molecule has 2 aromatic carbocycles. The van der Waals surface area contributed by atoms with E-state index in [2.05, 4.69) is 4.99 Å². The number of nitrogens with zero attached hydrogens (tertiary/aromatic N) is 1. The van der Waals surface area contributed by atoms with E-state index in [0.29, 0.717) is 18.6 Å². The molecule has 0 aliphatic heterocycles. The molecule has 1 saturated carbocycles. The lowest BCUT2D eigenvalue weighted by molar-refractivity contribution is -0.139. The number of hydrogen-bond donors (Lipinski definition) is 1. The number of halogens is 1. The Bertz CT molecular complexity index is 667. The number of hydrogen-bond acceptors (Lipinski definition) is 2. The third-order valence-electron chi connectivity index (χ3n) is 4.02. The van der Waals surface area contributed by atoms with Crippen molar-refractivity contribution in [3.05, 3.63) is 71.8 Å². The number of alkyl halides is 1. The van der Waals surface area contributed by atoms with E-state index in [4.69, 9.17) is 0 Å². The van der Waals surface area contributed by atoms with Crippen LogP contribution in [0.1, 0.15) is 30.4 Å². The van der Waals surface area contributed by atoms with Gasteiger partial charge in [0.25, 0.3) is 0 Å². The lowest BCUT2D eigenvalue weighted by Crippen LogP contribution is -2.25. The second kappa shape index (κ2) is 6.32. The largest absolute Gasteiger partial charge is 0.480 e. The van der Waals surface area contributed by atoms with Gasteiger partial charge in [-0.25, -0.2) is 9.18 Å². The van der Waals surface area contributed by atoms with Gasteiger partial charge >= 0.3 is 5.97 Å². The van der Waals surface area contributed by atoms with Crippen molar-refractivity contribution in [2.75, 3.05) is 0 Å². The van der Waals surface area contributed by atoms with Gasteiger partial charge in [0.1, 0.15) is 5.67 Å². The summed E-state index contributed by atoms with van der Waals surface area (Å²) in [4.78, 5) is 15.9. The Balaban J connectivity index is 2.01. The van der Waals surface area contributed by atoms with Crippen LogP contribution in [0.15, 0.2) is 65.7 Å². The van der Waals surface area contributed by atoms with Crippen LogP contribution >= 0.6 is 0 Å². The lowest BCUT2D eigenvalue weighted by atomic mass is 10.0. The Labute approximate surface area is 134 Å². The molecule has 4 heteroatoms. The van der Waals surface area contributed by atoms with Crippen molar-refractivity contribution < 1.29 is 14.3 Å². The Morgan fingerprint density at radius 3 is 1.91 bits per heavy atom. The fourth-order valence-electron chi connectivity index (χ4n) is 2.54. The molecule has 1 atom stereocenters. The highest BCUT2D eigenvalue weighted by molar-refractivity contribution is 6.13. The molecule has 1 unspecified atom stereocenters.